The second kappa shape index (κ2) is 7.30. The Morgan fingerprint density at radius 2 is 2.11 bits per heavy atom. The minimum atomic E-state index is -0.825. The van der Waals surface area contributed by atoms with Gasteiger partial charge >= 0.3 is 5.97 Å². The molecule has 0 bridgehead atoms. The molecular formula is C12H15FN2O4. The zero-order valence-electron chi connectivity index (χ0n) is 10.3. The van der Waals surface area contributed by atoms with Crippen LogP contribution in [0, 0.1) is 15.9 Å². The fourth-order valence-corrected chi connectivity index (χ4v) is 1.56. The van der Waals surface area contributed by atoms with Crippen molar-refractivity contribution in [3.63, 3.8) is 0 Å². The van der Waals surface area contributed by atoms with E-state index in [-0.39, 0.29) is 17.8 Å². The summed E-state index contributed by atoms with van der Waals surface area (Å²) in [4.78, 5) is 20.0. The van der Waals surface area contributed by atoms with E-state index in [0.29, 0.717) is 19.4 Å². The highest BCUT2D eigenvalue weighted by Crippen LogP contribution is 2.20. The van der Waals surface area contributed by atoms with Gasteiger partial charge in [-0.25, -0.2) is 4.39 Å². The number of carboxylic acids is 1. The van der Waals surface area contributed by atoms with Crippen LogP contribution in [0.4, 0.5) is 15.8 Å². The Bertz CT molecular complexity index is 465. The molecule has 0 unspecified atom stereocenters. The van der Waals surface area contributed by atoms with Gasteiger partial charge in [0.25, 0.3) is 5.69 Å². The number of carboxylic acid groups (broad SMARTS) is 1. The minimum absolute atomic E-state index is 0.131. The van der Waals surface area contributed by atoms with Crippen LogP contribution in [0.2, 0.25) is 0 Å². The zero-order chi connectivity index (χ0) is 14.3. The second-order valence-electron chi connectivity index (χ2n) is 4.05. The fraction of sp³-hybridized carbons (Fsp3) is 0.417. The standard InChI is InChI=1S/C12H15FN2O4/c13-10-8-9(15(18)19)5-6-11(10)14-7-3-1-2-4-12(16)17/h5-6,8,14H,1-4,7H2,(H,16,17). The van der Waals surface area contributed by atoms with Gasteiger partial charge in [0.05, 0.1) is 16.7 Å². The number of aliphatic carboxylic acids is 1. The van der Waals surface area contributed by atoms with E-state index in [0.717, 1.165) is 12.5 Å². The molecule has 19 heavy (non-hydrogen) atoms. The lowest BCUT2D eigenvalue weighted by molar-refractivity contribution is -0.385. The summed E-state index contributed by atoms with van der Waals surface area (Å²) >= 11 is 0. The Kier molecular flexibility index (Phi) is 5.72. The number of nitrogens with zero attached hydrogens (tertiary/aromatic N) is 1. The molecule has 104 valence electrons. The van der Waals surface area contributed by atoms with Crippen LogP contribution in [0.15, 0.2) is 18.2 Å². The molecule has 1 aromatic rings. The lowest BCUT2D eigenvalue weighted by Crippen LogP contribution is -2.04. The molecule has 2 N–H and O–H groups in total. The van der Waals surface area contributed by atoms with Gasteiger partial charge in [-0.1, -0.05) is 6.42 Å². The van der Waals surface area contributed by atoms with E-state index in [1.807, 2.05) is 0 Å². The number of nitro benzene ring substituents is 1. The summed E-state index contributed by atoms with van der Waals surface area (Å²) in [5, 5.41) is 21.7. The number of unbranched alkanes of at least 4 members (excludes halogenated alkanes) is 2. The third-order valence-corrected chi connectivity index (χ3v) is 2.55. The molecule has 0 saturated carbocycles. The molecule has 7 heteroatoms. The molecule has 0 fully saturated rings. The molecule has 0 radical (unpaired) electrons. The van der Waals surface area contributed by atoms with E-state index in [4.69, 9.17) is 5.11 Å². The van der Waals surface area contributed by atoms with Gasteiger partial charge in [0, 0.05) is 19.0 Å². The molecule has 0 saturated heterocycles. The number of anilines is 1. The number of halogens is 1. The summed E-state index contributed by atoms with van der Waals surface area (Å²) in [5.41, 5.74) is -0.0756. The Morgan fingerprint density at radius 3 is 2.68 bits per heavy atom. The summed E-state index contributed by atoms with van der Waals surface area (Å²) in [5.74, 6) is -1.49. The van der Waals surface area contributed by atoms with Crippen LogP contribution in [-0.4, -0.2) is 22.5 Å². The van der Waals surface area contributed by atoms with Crippen molar-refractivity contribution in [1.82, 2.24) is 0 Å². The predicted molar refractivity (Wildman–Crippen MR) is 67.6 cm³/mol. The number of hydrogen-bond acceptors (Lipinski definition) is 4. The topological polar surface area (TPSA) is 92.5 Å². The van der Waals surface area contributed by atoms with Crippen LogP contribution < -0.4 is 5.32 Å². The van der Waals surface area contributed by atoms with E-state index in [9.17, 15) is 19.3 Å². The van der Waals surface area contributed by atoms with Crippen LogP contribution in [0.5, 0.6) is 0 Å². The monoisotopic (exact) mass is 270 g/mol. The average molecular weight is 270 g/mol. The average Bonchev–Trinajstić information content (AvgIpc) is 2.34. The van der Waals surface area contributed by atoms with E-state index in [2.05, 4.69) is 5.32 Å². The molecule has 0 amide bonds. The number of benzene rings is 1. The van der Waals surface area contributed by atoms with Crippen molar-refractivity contribution in [3.05, 3.63) is 34.1 Å². The summed E-state index contributed by atoms with van der Waals surface area (Å²) in [6.45, 7) is 0.494. The summed E-state index contributed by atoms with van der Waals surface area (Å²) in [6, 6.07) is 3.42. The molecule has 1 rings (SSSR count). The maximum Gasteiger partial charge on any atom is 0.303 e. The van der Waals surface area contributed by atoms with Gasteiger partial charge < -0.3 is 10.4 Å². The maximum absolute atomic E-state index is 13.4. The van der Waals surface area contributed by atoms with Gasteiger partial charge in [-0.2, -0.15) is 0 Å². The van der Waals surface area contributed by atoms with E-state index in [1.54, 1.807) is 0 Å². The number of rotatable bonds is 8. The quantitative estimate of drug-likeness (QED) is 0.430. The van der Waals surface area contributed by atoms with E-state index < -0.39 is 16.7 Å². The summed E-state index contributed by atoms with van der Waals surface area (Å²) in [7, 11) is 0. The van der Waals surface area contributed by atoms with Crippen LogP contribution in [0.25, 0.3) is 0 Å². The minimum Gasteiger partial charge on any atom is -0.481 e. The number of hydrogen-bond donors (Lipinski definition) is 2. The first-order chi connectivity index (χ1) is 9.00. The van der Waals surface area contributed by atoms with Crippen LogP contribution in [0.3, 0.4) is 0 Å². The van der Waals surface area contributed by atoms with E-state index >= 15 is 0 Å². The first-order valence-electron chi connectivity index (χ1n) is 5.90. The van der Waals surface area contributed by atoms with Gasteiger partial charge in [-0.3, -0.25) is 14.9 Å². The molecule has 6 nitrogen and oxygen atoms in total. The zero-order valence-corrected chi connectivity index (χ0v) is 10.3. The lowest BCUT2D eigenvalue weighted by atomic mass is 10.2. The Balaban J connectivity index is 2.33. The molecule has 0 aliphatic rings. The number of non-ortho nitro benzene ring substituents is 1. The highest BCUT2D eigenvalue weighted by molar-refractivity contribution is 5.66. The van der Waals surface area contributed by atoms with Crippen LogP contribution >= 0.6 is 0 Å². The van der Waals surface area contributed by atoms with Crippen molar-refractivity contribution in [3.8, 4) is 0 Å². The Hall–Kier alpha value is -2.18. The first-order valence-corrected chi connectivity index (χ1v) is 5.90. The van der Waals surface area contributed by atoms with Gasteiger partial charge in [0.1, 0.15) is 0 Å². The molecule has 0 aliphatic heterocycles. The second-order valence-corrected chi connectivity index (χ2v) is 4.05. The van der Waals surface area contributed by atoms with Gasteiger partial charge in [-0.15, -0.1) is 0 Å². The third-order valence-electron chi connectivity index (χ3n) is 2.55. The Morgan fingerprint density at radius 1 is 1.37 bits per heavy atom. The molecule has 1 aromatic carbocycles. The molecule has 0 aromatic heterocycles. The van der Waals surface area contributed by atoms with Crippen molar-refractivity contribution in [1.29, 1.82) is 0 Å². The highest BCUT2D eigenvalue weighted by Gasteiger charge is 2.09. The molecule has 0 atom stereocenters. The van der Waals surface area contributed by atoms with E-state index in [1.165, 1.54) is 12.1 Å². The molecule has 0 aliphatic carbocycles. The van der Waals surface area contributed by atoms with Crippen LogP contribution in [0.1, 0.15) is 25.7 Å². The summed E-state index contributed by atoms with van der Waals surface area (Å²) in [6.07, 6.45) is 2.16. The van der Waals surface area contributed by atoms with Crippen molar-refractivity contribution in [2.24, 2.45) is 0 Å². The lowest BCUT2D eigenvalue weighted by Gasteiger charge is -2.06. The number of carbonyl (C=O) groups is 1. The van der Waals surface area contributed by atoms with Gasteiger partial charge in [0.15, 0.2) is 5.82 Å². The normalized spacial score (nSPS) is 10.2. The third kappa shape index (κ3) is 5.33. The fourth-order valence-electron chi connectivity index (χ4n) is 1.56. The largest absolute Gasteiger partial charge is 0.481 e. The molecular weight excluding hydrogens is 255 g/mol. The van der Waals surface area contributed by atoms with Gasteiger partial charge in [-0.05, 0) is 18.9 Å². The number of nitro groups is 1. The maximum atomic E-state index is 13.4. The van der Waals surface area contributed by atoms with Crippen LogP contribution in [-0.2, 0) is 4.79 Å². The van der Waals surface area contributed by atoms with Crippen molar-refractivity contribution < 1.29 is 19.2 Å². The van der Waals surface area contributed by atoms with Crippen molar-refractivity contribution >= 4 is 17.3 Å². The molecule has 0 spiro atoms. The van der Waals surface area contributed by atoms with Crippen molar-refractivity contribution in [2.75, 3.05) is 11.9 Å². The SMILES string of the molecule is O=C(O)CCCCCNc1ccc([N+](=O)[O-])cc1F. The summed E-state index contributed by atoms with van der Waals surface area (Å²) < 4.78 is 13.4. The number of nitrogens with one attached hydrogen (secondary N) is 1. The van der Waals surface area contributed by atoms with Crippen molar-refractivity contribution in [2.45, 2.75) is 25.7 Å². The Labute approximate surface area is 109 Å². The molecule has 0 heterocycles. The van der Waals surface area contributed by atoms with Gasteiger partial charge in [0.2, 0.25) is 0 Å². The highest BCUT2D eigenvalue weighted by atomic mass is 19.1. The predicted octanol–water partition coefficient (Wildman–Crippen LogP) is 2.79. The smallest absolute Gasteiger partial charge is 0.303 e. The first kappa shape index (κ1) is 14.9.